The molecule has 0 saturated carbocycles. The first-order valence-electron chi connectivity index (χ1n) is 9.74. The van der Waals surface area contributed by atoms with Crippen LogP contribution in [0, 0.1) is 0 Å². The van der Waals surface area contributed by atoms with E-state index in [-0.39, 0.29) is 24.9 Å². The van der Waals surface area contributed by atoms with Crippen LogP contribution in [0.1, 0.15) is 17.5 Å². The van der Waals surface area contributed by atoms with Crippen LogP contribution in [0.3, 0.4) is 0 Å². The zero-order chi connectivity index (χ0) is 21.2. The van der Waals surface area contributed by atoms with Crippen molar-refractivity contribution in [1.29, 1.82) is 0 Å². The van der Waals surface area contributed by atoms with E-state index >= 15 is 0 Å². The van der Waals surface area contributed by atoms with Crippen molar-refractivity contribution in [3.8, 4) is 5.75 Å². The number of anilines is 2. The first-order valence-corrected chi connectivity index (χ1v) is 9.74. The number of para-hydroxylation sites is 1. The van der Waals surface area contributed by atoms with Crippen molar-refractivity contribution < 1.29 is 14.3 Å². The molecule has 3 aromatic rings. The van der Waals surface area contributed by atoms with Gasteiger partial charge in [0, 0.05) is 36.3 Å². The predicted octanol–water partition coefficient (Wildman–Crippen LogP) is 4.44. The van der Waals surface area contributed by atoms with E-state index in [9.17, 15) is 9.59 Å². The van der Waals surface area contributed by atoms with E-state index in [1.807, 2.05) is 48.5 Å². The Morgan fingerprint density at radius 1 is 0.833 bits per heavy atom. The number of carbonyl (C=O) groups is 2. The fraction of sp³-hybridized carbons (Fsp3) is 0.167. The number of hydrogen-bond donors (Lipinski definition) is 3. The summed E-state index contributed by atoms with van der Waals surface area (Å²) in [5, 5.41) is 8.27. The quantitative estimate of drug-likeness (QED) is 0.520. The van der Waals surface area contributed by atoms with Gasteiger partial charge in [0.15, 0.2) is 0 Å². The van der Waals surface area contributed by atoms with Crippen molar-refractivity contribution in [1.82, 2.24) is 5.32 Å². The number of ether oxygens (including phenoxy) is 1. The lowest BCUT2D eigenvalue weighted by molar-refractivity contribution is -0.116. The van der Waals surface area contributed by atoms with Gasteiger partial charge in [-0.25, -0.2) is 4.79 Å². The van der Waals surface area contributed by atoms with Crippen molar-refractivity contribution in [3.63, 3.8) is 0 Å². The summed E-state index contributed by atoms with van der Waals surface area (Å²) in [5.74, 6) is 0.599. The fourth-order valence-corrected chi connectivity index (χ4v) is 3.02. The maximum Gasteiger partial charge on any atom is 0.319 e. The molecular formula is C24H25N3O3. The average molecular weight is 403 g/mol. The fourth-order valence-electron chi connectivity index (χ4n) is 3.02. The predicted molar refractivity (Wildman–Crippen MR) is 119 cm³/mol. The third-order valence-corrected chi connectivity index (χ3v) is 4.47. The Morgan fingerprint density at radius 2 is 1.53 bits per heavy atom. The van der Waals surface area contributed by atoms with E-state index in [4.69, 9.17) is 4.74 Å². The van der Waals surface area contributed by atoms with Crippen molar-refractivity contribution in [2.75, 3.05) is 24.3 Å². The molecule has 0 aliphatic heterocycles. The van der Waals surface area contributed by atoms with Crippen LogP contribution >= 0.6 is 0 Å². The summed E-state index contributed by atoms with van der Waals surface area (Å²) < 4.78 is 5.45. The highest BCUT2D eigenvalue weighted by Gasteiger charge is 2.09. The zero-order valence-electron chi connectivity index (χ0n) is 16.9. The molecule has 0 aliphatic rings. The number of amides is 3. The summed E-state index contributed by atoms with van der Waals surface area (Å²) in [4.78, 5) is 24.1. The zero-order valence-corrected chi connectivity index (χ0v) is 16.9. The molecule has 0 aliphatic carbocycles. The number of benzene rings is 3. The van der Waals surface area contributed by atoms with E-state index in [1.165, 1.54) is 0 Å². The molecule has 0 aromatic heterocycles. The van der Waals surface area contributed by atoms with Crippen LogP contribution in [0.4, 0.5) is 16.2 Å². The minimum atomic E-state index is -0.344. The third-order valence-electron chi connectivity index (χ3n) is 4.47. The minimum Gasteiger partial charge on any atom is -0.496 e. The topological polar surface area (TPSA) is 79.5 Å². The number of nitrogens with one attached hydrogen (secondary N) is 3. The molecule has 6 nitrogen and oxygen atoms in total. The van der Waals surface area contributed by atoms with Crippen molar-refractivity contribution >= 4 is 23.3 Å². The van der Waals surface area contributed by atoms with Gasteiger partial charge in [0.2, 0.25) is 5.91 Å². The second-order valence-electron chi connectivity index (χ2n) is 6.73. The summed E-state index contributed by atoms with van der Waals surface area (Å²) in [7, 11) is 1.63. The summed E-state index contributed by atoms with van der Waals surface area (Å²) in [6, 6.07) is 24.4. The summed E-state index contributed by atoms with van der Waals surface area (Å²) in [5.41, 5.74) is 3.54. The van der Waals surface area contributed by atoms with Gasteiger partial charge in [-0.1, -0.05) is 48.5 Å². The van der Waals surface area contributed by atoms with Crippen molar-refractivity contribution in [3.05, 3.63) is 90.0 Å². The number of rotatable bonds is 8. The van der Waals surface area contributed by atoms with Crippen molar-refractivity contribution in [2.24, 2.45) is 0 Å². The van der Waals surface area contributed by atoms with Crippen LogP contribution in [0.25, 0.3) is 0 Å². The van der Waals surface area contributed by atoms with Crippen LogP contribution in [0.5, 0.6) is 5.75 Å². The molecule has 0 bridgehead atoms. The molecule has 6 heteroatoms. The first-order chi connectivity index (χ1) is 14.6. The smallest absolute Gasteiger partial charge is 0.319 e. The van der Waals surface area contributed by atoms with Gasteiger partial charge in [0.25, 0.3) is 0 Å². The molecule has 30 heavy (non-hydrogen) atoms. The van der Waals surface area contributed by atoms with Gasteiger partial charge < -0.3 is 20.7 Å². The van der Waals surface area contributed by atoms with Gasteiger partial charge >= 0.3 is 6.03 Å². The summed E-state index contributed by atoms with van der Waals surface area (Å²) in [6.07, 6.45) is 0.872. The monoisotopic (exact) mass is 403 g/mol. The lowest BCUT2D eigenvalue weighted by atomic mass is 10.0. The highest BCUT2D eigenvalue weighted by molar-refractivity contribution is 5.92. The standard InChI is InChI=1S/C24H25N3O3/c1-30-22-13-12-21(17-19(22)16-18-8-4-2-5-9-18)26-23(28)14-15-25-24(29)27-20-10-6-3-7-11-20/h2-13,17H,14-16H2,1H3,(H,26,28)(H2,25,27,29). The van der Waals surface area contributed by atoms with Gasteiger partial charge in [-0.2, -0.15) is 0 Å². The molecule has 3 aromatic carbocycles. The van der Waals surface area contributed by atoms with E-state index in [0.717, 1.165) is 16.9 Å². The highest BCUT2D eigenvalue weighted by Crippen LogP contribution is 2.25. The Bertz CT molecular complexity index is 976. The average Bonchev–Trinajstić information content (AvgIpc) is 2.75. The van der Waals surface area contributed by atoms with Crippen LogP contribution in [0.2, 0.25) is 0 Å². The summed E-state index contributed by atoms with van der Waals surface area (Å²) in [6.45, 7) is 0.234. The van der Waals surface area contributed by atoms with Crippen molar-refractivity contribution in [2.45, 2.75) is 12.8 Å². The Balaban J connectivity index is 1.51. The van der Waals surface area contributed by atoms with E-state index < -0.39 is 0 Å². The first kappa shape index (κ1) is 20.9. The number of urea groups is 1. The molecule has 0 saturated heterocycles. The second kappa shape index (κ2) is 10.7. The van der Waals surface area contributed by atoms with Crippen LogP contribution in [-0.4, -0.2) is 25.6 Å². The normalized spacial score (nSPS) is 10.2. The molecule has 0 unspecified atom stereocenters. The maximum absolute atomic E-state index is 12.3. The van der Waals surface area contributed by atoms with Crippen LogP contribution in [-0.2, 0) is 11.2 Å². The van der Waals surface area contributed by atoms with E-state index in [0.29, 0.717) is 17.8 Å². The minimum absolute atomic E-state index is 0.169. The lowest BCUT2D eigenvalue weighted by Gasteiger charge is -2.12. The lowest BCUT2D eigenvalue weighted by Crippen LogP contribution is -2.31. The van der Waals surface area contributed by atoms with Gasteiger partial charge in [-0.15, -0.1) is 0 Å². The van der Waals surface area contributed by atoms with Crippen LogP contribution in [0.15, 0.2) is 78.9 Å². The van der Waals surface area contributed by atoms with E-state index in [2.05, 4.69) is 28.1 Å². The van der Waals surface area contributed by atoms with Crippen LogP contribution < -0.4 is 20.7 Å². The third kappa shape index (κ3) is 6.38. The van der Waals surface area contributed by atoms with Gasteiger partial charge in [-0.05, 0) is 35.9 Å². The Hall–Kier alpha value is -3.80. The largest absolute Gasteiger partial charge is 0.496 e. The number of hydrogen-bond acceptors (Lipinski definition) is 3. The summed E-state index contributed by atoms with van der Waals surface area (Å²) >= 11 is 0. The van der Waals surface area contributed by atoms with Gasteiger partial charge in [0.05, 0.1) is 7.11 Å². The second-order valence-corrected chi connectivity index (χ2v) is 6.73. The molecule has 3 amide bonds. The molecule has 0 heterocycles. The SMILES string of the molecule is COc1ccc(NC(=O)CCNC(=O)Nc2ccccc2)cc1Cc1ccccc1. The molecule has 3 rings (SSSR count). The number of methoxy groups -OCH3 is 1. The van der Waals surface area contributed by atoms with E-state index in [1.54, 1.807) is 25.3 Å². The number of carbonyl (C=O) groups excluding carboxylic acids is 2. The Labute approximate surface area is 176 Å². The Kier molecular flexibility index (Phi) is 7.44. The molecule has 0 radical (unpaired) electrons. The molecule has 0 atom stereocenters. The molecule has 3 N–H and O–H groups in total. The molecular weight excluding hydrogens is 378 g/mol. The Morgan fingerprint density at radius 3 is 2.23 bits per heavy atom. The van der Waals surface area contributed by atoms with Gasteiger partial charge in [-0.3, -0.25) is 4.79 Å². The highest BCUT2D eigenvalue weighted by atomic mass is 16.5. The molecule has 154 valence electrons. The molecule has 0 fully saturated rings. The molecule has 0 spiro atoms. The maximum atomic E-state index is 12.3. The van der Waals surface area contributed by atoms with Gasteiger partial charge in [0.1, 0.15) is 5.75 Å².